The second-order valence-electron chi connectivity index (χ2n) is 7.42. The predicted octanol–water partition coefficient (Wildman–Crippen LogP) is 2.11. The highest BCUT2D eigenvalue weighted by Crippen LogP contribution is 2.30. The van der Waals surface area contributed by atoms with Crippen molar-refractivity contribution >= 4 is 17.8 Å². The van der Waals surface area contributed by atoms with Crippen molar-refractivity contribution in [2.75, 3.05) is 31.5 Å². The van der Waals surface area contributed by atoms with Crippen LogP contribution in [0.15, 0.2) is 10.7 Å². The molecule has 0 aromatic carbocycles. The number of anilines is 1. The van der Waals surface area contributed by atoms with E-state index in [1.54, 1.807) is 0 Å². The van der Waals surface area contributed by atoms with E-state index in [2.05, 4.69) is 15.2 Å². The highest BCUT2D eigenvalue weighted by molar-refractivity contribution is 5.94. The maximum Gasteiger partial charge on any atom is 0.302 e. The molecule has 0 unspecified atom stereocenters. The predicted molar refractivity (Wildman–Crippen MR) is 92.2 cm³/mol. The Kier molecular flexibility index (Phi) is 4.74. The largest absolute Gasteiger partial charge is 0.431 e. The van der Waals surface area contributed by atoms with Crippen molar-refractivity contribution in [2.24, 2.45) is 5.92 Å². The fourth-order valence-corrected chi connectivity index (χ4v) is 3.88. The van der Waals surface area contributed by atoms with Crippen molar-refractivity contribution in [3.05, 3.63) is 12.0 Å². The molecule has 2 amide bonds. The molecular formula is C18H26N4O3. The Morgan fingerprint density at radius 1 is 1.04 bits per heavy atom. The van der Waals surface area contributed by atoms with Crippen molar-refractivity contribution in [1.29, 1.82) is 0 Å². The third-order valence-electron chi connectivity index (χ3n) is 5.59. The molecule has 1 saturated heterocycles. The average molecular weight is 346 g/mol. The summed E-state index contributed by atoms with van der Waals surface area (Å²) in [4.78, 5) is 32.8. The second kappa shape index (κ2) is 7.15. The molecule has 7 nitrogen and oxygen atoms in total. The minimum atomic E-state index is -0.112. The zero-order valence-corrected chi connectivity index (χ0v) is 14.6. The highest BCUT2D eigenvalue weighted by atomic mass is 16.4. The first-order valence-corrected chi connectivity index (χ1v) is 9.50. The number of hydrogen-bond acceptors (Lipinski definition) is 5. The topological polar surface area (TPSA) is 78.7 Å². The van der Waals surface area contributed by atoms with Crippen LogP contribution < -0.4 is 5.32 Å². The normalized spacial score (nSPS) is 22.8. The Bertz CT molecular complexity index is 626. The first-order valence-electron chi connectivity index (χ1n) is 9.50. The van der Waals surface area contributed by atoms with Crippen molar-refractivity contribution in [3.8, 4) is 0 Å². The first-order chi connectivity index (χ1) is 12.2. The summed E-state index contributed by atoms with van der Waals surface area (Å²) >= 11 is 0. The lowest BCUT2D eigenvalue weighted by molar-refractivity contribution is -0.117. The van der Waals surface area contributed by atoms with Crippen LogP contribution in [0.5, 0.6) is 0 Å². The summed E-state index contributed by atoms with van der Waals surface area (Å²) in [5.41, 5.74) is 0.275. The number of aromatic nitrogens is 1. The van der Waals surface area contributed by atoms with Crippen LogP contribution in [0.1, 0.15) is 55.4 Å². The number of nitrogens with one attached hydrogen (secondary N) is 1. The van der Waals surface area contributed by atoms with Gasteiger partial charge in [0, 0.05) is 38.1 Å². The van der Waals surface area contributed by atoms with Gasteiger partial charge in [0.25, 0.3) is 5.91 Å². The number of carbonyl (C=O) groups excluding carboxylic acids is 2. The third kappa shape index (κ3) is 3.86. The molecule has 0 bridgehead atoms. The molecule has 3 aliphatic rings. The molecule has 2 saturated carbocycles. The van der Waals surface area contributed by atoms with E-state index in [9.17, 15) is 9.59 Å². The lowest BCUT2D eigenvalue weighted by Crippen LogP contribution is -2.52. The molecule has 0 spiro atoms. The minimum absolute atomic E-state index is 0.0676. The summed E-state index contributed by atoms with van der Waals surface area (Å²) in [5.74, 6) is -0.0974. The van der Waals surface area contributed by atoms with E-state index in [0.717, 1.165) is 39.0 Å². The van der Waals surface area contributed by atoms with Gasteiger partial charge in [0.1, 0.15) is 6.26 Å². The van der Waals surface area contributed by atoms with Crippen molar-refractivity contribution in [2.45, 2.75) is 51.0 Å². The van der Waals surface area contributed by atoms with Gasteiger partial charge in [-0.15, -0.1) is 0 Å². The maximum atomic E-state index is 12.6. The van der Waals surface area contributed by atoms with E-state index >= 15 is 0 Å². The molecule has 1 N–H and O–H groups in total. The van der Waals surface area contributed by atoms with Crippen molar-refractivity contribution in [1.82, 2.24) is 14.8 Å². The quantitative estimate of drug-likeness (QED) is 0.903. The lowest BCUT2D eigenvalue weighted by Gasteiger charge is -2.40. The van der Waals surface area contributed by atoms with E-state index in [4.69, 9.17) is 4.42 Å². The SMILES string of the molecule is O=C(Nc1nc(C(=O)N2CCN(C3CCCCC3)CC2)co1)C1CC1. The van der Waals surface area contributed by atoms with E-state index in [-0.39, 0.29) is 29.4 Å². The van der Waals surface area contributed by atoms with Gasteiger partial charge in [0.15, 0.2) is 5.69 Å². The van der Waals surface area contributed by atoms with Gasteiger partial charge >= 0.3 is 6.01 Å². The summed E-state index contributed by atoms with van der Waals surface area (Å²) in [5, 5.41) is 2.64. The Hall–Kier alpha value is -1.89. The number of carbonyl (C=O) groups is 2. The van der Waals surface area contributed by atoms with Gasteiger partial charge in [-0.2, -0.15) is 4.98 Å². The van der Waals surface area contributed by atoms with Gasteiger partial charge in [0.05, 0.1) is 0 Å². The number of oxazole rings is 1. The van der Waals surface area contributed by atoms with Gasteiger partial charge in [-0.1, -0.05) is 19.3 Å². The number of amides is 2. The molecular weight excluding hydrogens is 320 g/mol. The van der Waals surface area contributed by atoms with Gasteiger partial charge in [-0.3, -0.25) is 19.8 Å². The Labute approximate surface area is 147 Å². The Morgan fingerprint density at radius 3 is 2.44 bits per heavy atom. The van der Waals surface area contributed by atoms with E-state index in [1.807, 2.05) is 4.90 Å². The van der Waals surface area contributed by atoms with Crippen LogP contribution in [0, 0.1) is 5.92 Å². The van der Waals surface area contributed by atoms with Crippen LogP contribution in [0.3, 0.4) is 0 Å². The standard InChI is InChI=1S/C18H26N4O3/c23-16(13-6-7-13)20-18-19-15(12-25-18)17(24)22-10-8-21(9-11-22)14-4-2-1-3-5-14/h12-14H,1-11H2,(H,19,20,23). The Morgan fingerprint density at radius 2 is 1.76 bits per heavy atom. The summed E-state index contributed by atoms with van der Waals surface area (Å²) < 4.78 is 5.24. The number of nitrogens with zero attached hydrogens (tertiary/aromatic N) is 3. The van der Waals surface area contributed by atoms with Gasteiger partial charge in [-0.05, 0) is 25.7 Å². The summed E-state index contributed by atoms with van der Waals surface area (Å²) in [6.07, 6.45) is 9.80. The molecule has 136 valence electrons. The molecule has 7 heteroatoms. The first kappa shape index (κ1) is 16.6. The molecule has 0 atom stereocenters. The maximum absolute atomic E-state index is 12.6. The van der Waals surface area contributed by atoms with Crippen molar-refractivity contribution < 1.29 is 14.0 Å². The van der Waals surface area contributed by atoms with Gasteiger partial charge in [-0.25, -0.2) is 0 Å². The molecule has 25 heavy (non-hydrogen) atoms. The summed E-state index contributed by atoms with van der Waals surface area (Å²) in [7, 11) is 0. The molecule has 1 aromatic heterocycles. The molecule has 1 aliphatic heterocycles. The van der Waals surface area contributed by atoms with Crippen LogP contribution in [0.25, 0.3) is 0 Å². The summed E-state index contributed by atoms with van der Waals surface area (Å²) in [6.45, 7) is 3.32. The fraction of sp³-hybridized carbons (Fsp3) is 0.722. The molecule has 1 aromatic rings. The van der Waals surface area contributed by atoms with Crippen molar-refractivity contribution in [3.63, 3.8) is 0 Å². The summed E-state index contributed by atoms with van der Waals surface area (Å²) in [6, 6.07) is 0.823. The minimum Gasteiger partial charge on any atom is -0.431 e. The number of piperazine rings is 1. The zero-order chi connectivity index (χ0) is 17.2. The molecule has 4 rings (SSSR count). The molecule has 0 radical (unpaired) electrons. The van der Waals surface area contributed by atoms with Crippen LogP contribution >= 0.6 is 0 Å². The van der Waals surface area contributed by atoms with Gasteiger partial charge in [0.2, 0.25) is 5.91 Å². The number of rotatable bonds is 4. The second-order valence-corrected chi connectivity index (χ2v) is 7.42. The monoisotopic (exact) mass is 346 g/mol. The van der Waals surface area contributed by atoms with E-state index < -0.39 is 0 Å². The molecule has 3 fully saturated rings. The smallest absolute Gasteiger partial charge is 0.302 e. The highest BCUT2D eigenvalue weighted by Gasteiger charge is 2.31. The molecule has 2 aliphatic carbocycles. The molecule has 2 heterocycles. The van der Waals surface area contributed by atoms with Crippen LogP contribution in [0.2, 0.25) is 0 Å². The van der Waals surface area contributed by atoms with Crippen LogP contribution in [0.4, 0.5) is 6.01 Å². The van der Waals surface area contributed by atoms with Gasteiger partial charge < -0.3 is 9.32 Å². The number of hydrogen-bond donors (Lipinski definition) is 1. The lowest BCUT2D eigenvalue weighted by atomic mass is 9.94. The van der Waals surface area contributed by atoms with E-state index in [1.165, 1.54) is 38.4 Å². The average Bonchev–Trinajstić information content (AvgIpc) is 3.42. The Balaban J connectivity index is 1.29. The van der Waals surface area contributed by atoms with Crippen LogP contribution in [-0.4, -0.2) is 58.8 Å². The fourth-order valence-electron chi connectivity index (χ4n) is 3.88. The van der Waals surface area contributed by atoms with Crippen LogP contribution in [-0.2, 0) is 4.79 Å². The third-order valence-corrected chi connectivity index (χ3v) is 5.59. The van der Waals surface area contributed by atoms with E-state index in [0.29, 0.717) is 6.04 Å². The zero-order valence-electron chi connectivity index (χ0n) is 14.6.